The van der Waals surface area contributed by atoms with Gasteiger partial charge in [0.25, 0.3) is 0 Å². The predicted molar refractivity (Wildman–Crippen MR) is 135 cm³/mol. The first kappa shape index (κ1) is 25.0. The third-order valence-corrected chi connectivity index (χ3v) is 6.65. The summed E-state index contributed by atoms with van der Waals surface area (Å²) in [4.78, 5) is 27.9. The fourth-order valence-corrected chi connectivity index (χ4v) is 4.79. The number of carbonyl (C=O) groups excluding carboxylic acids is 2. The van der Waals surface area contributed by atoms with Gasteiger partial charge in [-0.2, -0.15) is 0 Å². The van der Waals surface area contributed by atoms with Crippen molar-refractivity contribution in [3.63, 3.8) is 0 Å². The molecule has 3 aromatic carbocycles. The maximum atomic E-state index is 13.4. The number of thioether (sulfide) groups is 1. The van der Waals surface area contributed by atoms with Crippen LogP contribution in [0.25, 0.3) is 0 Å². The lowest BCUT2D eigenvalue weighted by Crippen LogP contribution is -2.50. The van der Waals surface area contributed by atoms with Gasteiger partial charge in [-0.15, -0.1) is 11.8 Å². The van der Waals surface area contributed by atoms with Gasteiger partial charge in [-0.05, 0) is 41.0 Å². The number of halogens is 2. The molecule has 4 nitrogen and oxygen atoms in total. The molecule has 0 bridgehead atoms. The van der Waals surface area contributed by atoms with Crippen molar-refractivity contribution in [1.29, 1.82) is 0 Å². The largest absolute Gasteiger partial charge is 0.357 e. The molecule has 172 valence electrons. The van der Waals surface area contributed by atoms with Crippen molar-refractivity contribution >= 4 is 39.5 Å². The van der Waals surface area contributed by atoms with E-state index in [4.69, 9.17) is 0 Å². The number of hydrogen-bond acceptors (Lipinski definition) is 3. The number of nitrogens with zero attached hydrogens (tertiary/aromatic N) is 1. The first-order valence-corrected chi connectivity index (χ1v) is 12.5. The highest BCUT2D eigenvalue weighted by atomic mass is 79.9. The number of likely N-dealkylation sites (N-methyl/N-ethyl adjacent to an activating group) is 1. The number of carbonyl (C=O) groups is 2. The molecular weight excluding hydrogens is 503 g/mol. The van der Waals surface area contributed by atoms with Gasteiger partial charge in [0.1, 0.15) is 11.9 Å². The molecule has 2 amide bonds. The Labute approximate surface area is 206 Å². The van der Waals surface area contributed by atoms with E-state index >= 15 is 0 Å². The smallest absolute Gasteiger partial charge is 0.242 e. The summed E-state index contributed by atoms with van der Waals surface area (Å²) in [7, 11) is 1.59. The van der Waals surface area contributed by atoms with Crippen molar-refractivity contribution in [2.75, 3.05) is 12.8 Å². The van der Waals surface area contributed by atoms with Gasteiger partial charge >= 0.3 is 0 Å². The highest BCUT2D eigenvalue weighted by Crippen LogP contribution is 2.20. The zero-order valence-corrected chi connectivity index (χ0v) is 20.7. The van der Waals surface area contributed by atoms with Crippen molar-refractivity contribution in [3.8, 4) is 0 Å². The molecule has 3 aromatic rings. The molecule has 0 saturated heterocycles. The van der Waals surface area contributed by atoms with Crippen molar-refractivity contribution in [1.82, 2.24) is 10.2 Å². The van der Waals surface area contributed by atoms with Gasteiger partial charge in [0.05, 0.1) is 5.75 Å². The molecule has 1 atom stereocenters. The van der Waals surface area contributed by atoms with Crippen molar-refractivity contribution in [2.45, 2.75) is 24.8 Å². The van der Waals surface area contributed by atoms with Gasteiger partial charge in [-0.1, -0.05) is 70.5 Å². The van der Waals surface area contributed by atoms with Crippen LogP contribution in [0.1, 0.15) is 16.7 Å². The fourth-order valence-electron chi connectivity index (χ4n) is 3.47. The second-order valence-electron chi connectivity index (χ2n) is 7.59. The number of hydrogen-bond donors (Lipinski definition) is 1. The molecule has 0 fully saturated rings. The summed E-state index contributed by atoms with van der Waals surface area (Å²) in [5.74, 6) is 0.194. The van der Waals surface area contributed by atoms with Crippen molar-refractivity contribution in [3.05, 3.63) is 106 Å². The van der Waals surface area contributed by atoms with E-state index in [0.29, 0.717) is 18.7 Å². The molecule has 0 aliphatic heterocycles. The average Bonchev–Trinajstić information content (AvgIpc) is 2.82. The van der Waals surface area contributed by atoms with Crippen LogP contribution in [0.3, 0.4) is 0 Å². The van der Waals surface area contributed by atoms with E-state index in [1.165, 1.54) is 23.9 Å². The van der Waals surface area contributed by atoms with Crippen molar-refractivity contribution < 1.29 is 14.0 Å². The molecule has 0 aliphatic rings. The number of amides is 2. The van der Waals surface area contributed by atoms with Crippen LogP contribution in [-0.4, -0.2) is 35.6 Å². The summed E-state index contributed by atoms with van der Waals surface area (Å²) < 4.78 is 14.1. The molecule has 0 aromatic heterocycles. The lowest BCUT2D eigenvalue weighted by Gasteiger charge is -2.31. The minimum absolute atomic E-state index is 0.119. The Morgan fingerprint density at radius 3 is 2.33 bits per heavy atom. The number of rotatable bonds is 10. The molecule has 1 N–H and O–H groups in total. The van der Waals surface area contributed by atoms with Crippen LogP contribution in [0.2, 0.25) is 0 Å². The van der Waals surface area contributed by atoms with Gasteiger partial charge in [0, 0.05) is 30.2 Å². The minimum Gasteiger partial charge on any atom is -0.357 e. The standard InChI is InChI=1S/C26H26BrFN2O2S/c1-29-26(32)24(15-19-6-3-2-4-7-19)30(16-21-8-5-9-22(27)14-21)25(31)18-33-17-20-10-12-23(28)13-11-20/h2-14,24H,15-18H2,1H3,(H,29,32)/t24-/m1/s1. The Hall–Kier alpha value is -2.64. The first-order valence-electron chi connectivity index (χ1n) is 10.6. The van der Waals surface area contributed by atoms with E-state index in [1.807, 2.05) is 54.6 Å². The predicted octanol–water partition coefficient (Wildman–Crippen LogP) is 5.21. The molecule has 3 rings (SSSR count). The molecule has 0 spiro atoms. The fraction of sp³-hybridized carbons (Fsp3) is 0.231. The topological polar surface area (TPSA) is 49.4 Å². The Morgan fingerprint density at radius 1 is 0.970 bits per heavy atom. The number of nitrogens with one attached hydrogen (secondary N) is 1. The maximum absolute atomic E-state index is 13.4. The van der Waals surface area contributed by atoms with Gasteiger partial charge in [0.15, 0.2) is 0 Å². The molecule has 0 heterocycles. The Kier molecular flexibility index (Phi) is 9.51. The Balaban J connectivity index is 1.80. The summed E-state index contributed by atoms with van der Waals surface area (Å²) in [5.41, 5.74) is 2.86. The monoisotopic (exact) mass is 528 g/mol. The van der Waals surface area contributed by atoms with E-state index in [9.17, 15) is 14.0 Å². The zero-order chi connectivity index (χ0) is 23.6. The highest BCUT2D eigenvalue weighted by molar-refractivity contribution is 9.10. The van der Waals surface area contributed by atoms with E-state index in [2.05, 4.69) is 21.2 Å². The molecule has 0 aliphatic carbocycles. The van der Waals surface area contributed by atoms with Crippen LogP contribution in [-0.2, 0) is 28.3 Å². The summed E-state index contributed by atoms with van der Waals surface area (Å²) in [6, 6.07) is 23.1. The van der Waals surface area contributed by atoms with Crippen LogP contribution in [0.15, 0.2) is 83.3 Å². The molecule has 0 radical (unpaired) electrons. The normalized spacial score (nSPS) is 11.6. The maximum Gasteiger partial charge on any atom is 0.242 e. The highest BCUT2D eigenvalue weighted by Gasteiger charge is 2.29. The summed E-state index contributed by atoms with van der Waals surface area (Å²) in [6.07, 6.45) is 0.420. The lowest BCUT2D eigenvalue weighted by molar-refractivity contribution is -0.139. The van der Waals surface area contributed by atoms with E-state index < -0.39 is 6.04 Å². The third kappa shape index (κ3) is 7.72. The Bertz CT molecular complexity index is 1060. The van der Waals surface area contributed by atoms with Crippen LogP contribution >= 0.6 is 27.7 Å². The van der Waals surface area contributed by atoms with Gasteiger partial charge in [0.2, 0.25) is 11.8 Å². The Morgan fingerprint density at radius 2 is 1.67 bits per heavy atom. The molecule has 0 unspecified atom stereocenters. The second kappa shape index (κ2) is 12.6. The quantitative estimate of drug-likeness (QED) is 0.393. The van der Waals surface area contributed by atoms with E-state index in [1.54, 1.807) is 24.1 Å². The van der Waals surface area contributed by atoms with Crippen LogP contribution in [0.4, 0.5) is 4.39 Å². The molecule has 7 heteroatoms. The third-order valence-electron chi connectivity index (χ3n) is 5.17. The average molecular weight is 529 g/mol. The van der Waals surface area contributed by atoms with Crippen molar-refractivity contribution in [2.24, 2.45) is 0 Å². The molecule has 33 heavy (non-hydrogen) atoms. The summed E-state index contributed by atoms with van der Waals surface area (Å²) in [6.45, 7) is 0.320. The minimum atomic E-state index is -0.643. The van der Waals surface area contributed by atoms with Crippen LogP contribution in [0, 0.1) is 5.82 Å². The summed E-state index contributed by atoms with van der Waals surface area (Å²) in [5, 5.41) is 2.72. The van der Waals surface area contributed by atoms with Crippen LogP contribution < -0.4 is 5.32 Å². The number of benzene rings is 3. The first-order chi connectivity index (χ1) is 16.0. The van der Waals surface area contributed by atoms with Gasteiger partial charge in [-0.25, -0.2) is 4.39 Å². The SMILES string of the molecule is CNC(=O)[C@@H](Cc1ccccc1)N(Cc1cccc(Br)c1)C(=O)CSCc1ccc(F)cc1. The van der Waals surface area contributed by atoms with E-state index in [-0.39, 0.29) is 23.4 Å². The zero-order valence-electron chi connectivity index (χ0n) is 18.3. The second-order valence-corrected chi connectivity index (χ2v) is 9.49. The van der Waals surface area contributed by atoms with Gasteiger partial charge in [-0.3, -0.25) is 9.59 Å². The van der Waals surface area contributed by atoms with Gasteiger partial charge < -0.3 is 10.2 Å². The van der Waals surface area contributed by atoms with Crippen LogP contribution in [0.5, 0.6) is 0 Å². The molecule has 0 saturated carbocycles. The van der Waals surface area contributed by atoms with E-state index in [0.717, 1.165) is 21.2 Å². The molecular formula is C26H26BrFN2O2S. The lowest BCUT2D eigenvalue weighted by atomic mass is 10.0. The summed E-state index contributed by atoms with van der Waals surface area (Å²) >= 11 is 4.93.